The second-order valence-electron chi connectivity index (χ2n) is 4.59. The van der Waals surface area contributed by atoms with Crippen molar-refractivity contribution in [1.82, 2.24) is 9.97 Å². The van der Waals surface area contributed by atoms with Crippen molar-refractivity contribution in [2.45, 2.75) is 5.16 Å². The summed E-state index contributed by atoms with van der Waals surface area (Å²) in [4.78, 5) is 18.9. The zero-order chi connectivity index (χ0) is 15.7. The van der Waals surface area contributed by atoms with Crippen LogP contribution in [0.2, 0.25) is 0 Å². The number of H-pyrrole nitrogens is 1. The van der Waals surface area contributed by atoms with Gasteiger partial charge in [0.25, 0.3) is 5.56 Å². The molecule has 0 amide bonds. The Hall–Kier alpha value is -2.78. The molecule has 0 fully saturated rings. The van der Waals surface area contributed by atoms with E-state index in [9.17, 15) is 15.2 Å². The lowest BCUT2D eigenvalue weighted by molar-refractivity contribution is 0.478. The third kappa shape index (κ3) is 2.22. The van der Waals surface area contributed by atoms with Gasteiger partial charge in [0.2, 0.25) is 0 Å². The first-order valence-corrected chi connectivity index (χ1v) is 7.67. The quantitative estimate of drug-likeness (QED) is 0.561. The lowest BCUT2D eigenvalue weighted by atomic mass is 9.98. The number of nitriles is 1. The predicted octanol–water partition coefficient (Wildman–Crippen LogP) is 2.89. The number of phenols is 1. The van der Waals surface area contributed by atoms with Gasteiger partial charge in [-0.05, 0) is 23.1 Å². The highest BCUT2D eigenvalue weighted by Crippen LogP contribution is 2.36. The maximum Gasteiger partial charge on any atom is 0.270 e. The summed E-state index contributed by atoms with van der Waals surface area (Å²) in [6.07, 6.45) is 1.77. The highest BCUT2D eigenvalue weighted by atomic mass is 32.2. The number of nitrogens with one attached hydrogen (secondary N) is 1. The maximum absolute atomic E-state index is 12.1. The van der Waals surface area contributed by atoms with Crippen molar-refractivity contribution in [2.24, 2.45) is 0 Å². The van der Waals surface area contributed by atoms with Crippen LogP contribution in [0.5, 0.6) is 5.75 Å². The maximum atomic E-state index is 12.1. The lowest BCUT2D eigenvalue weighted by Crippen LogP contribution is -2.14. The molecule has 0 radical (unpaired) electrons. The minimum Gasteiger partial charge on any atom is -0.507 e. The molecular weight excluding hydrogens is 298 g/mol. The summed E-state index contributed by atoms with van der Waals surface area (Å²) in [5, 5.41) is 21.6. The summed E-state index contributed by atoms with van der Waals surface area (Å²) in [5.41, 5.74) is -0.0189. The molecule has 22 heavy (non-hydrogen) atoms. The Morgan fingerprint density at radius 2 is 2.05 bits per heavy atom. The molecule has 0 atom stereocenters. The molecule has 0 saturated carbocycles. The van der Waals surface area contributed by atoms with E-state index in [-0.39, 0.29) is 17.0 Å². The number of fused-ring (bicyclic) bond motifs is 1. The molecule has 108 valence electrons. The van der Waals surface area contributed by atoms with Crippen LogP contribution in [-0.2, 0) is 0 Å². The minimum absolute atomic E-state index is 0.0136. The number of benzene rings is 2. The third-order valence-corrected chi connectivity index (χ3v) is 3.93. The Bertz CT molecular complexity index is 973. The van der Waals surface area contributed by atoms with Crippen molar-refractivity contribution < 1.29 is 5.11 Å². The van der Waals surface area contributed by atoms with Crippen LogP contribution in [0.1, 0.15) is 5.56 Å². The van der Waals surface area contributed by atoms with Gasteiger partial charge in [-0.3, -0.25) is 4.79 Å². The molecule has 0 spiro atoms. The molecule has 2 aromatic carbocycles. The van der Waals surface area contributed by atoms with Gasteiger partial charge in [-0.25, -0.2) is 4.98 Å². The van der Waals surface area contributed by atoms with E-state index < -0.39 is 5.56 Å². The second-order valence-corrected chi connectivity index (χ2v) is 5.39. The van der Waals surface area contributed by atoms with Crippen molar-refractivity contribution in [2.75, 3.05) is 6.26 Å². The molecular formula is C16H11N3O2S. The van der Waals surface area contributed by atoms with Crippen LogP contribution in [0.3, 0.4) is 0 Å². The van der Waals surface area contributed by atoms with Gasteiger partial charge in [0, 0.05) is 0 Å². The molecule has 0 aliphatic rings. The molecule has 1 aromatic heterocycles. The molecule has 6 heteroatoms. The van der Waals surface area contributed by atoms with Crippen LogP contribution >= 0.6 is 11.8 Å². The van der Waals surface area contributed by atoms with Crippen molar-refractivity contribution in [3.8, 4) is 23.1 Å². The number of aromatic amines is 1. The van der Waals surface area contributed by atoms with Gasteiger partial charge in [-0.15, -0.1) is 0 Å². The fourth-order valence-corrected chi connectivity index (χ4v) is 2.72. The monoisotopic (exact) mass is 309 g/mol. The van der Waals surface area contributed by atoms with Gasteiger partial charge in [0.05, 0.1) is 5.56 Å². The summed E-state index contributed by atoms with van der Waals surface area (Å²) < 4.78 is 0. The van der Waals surface area contributed by atoms with Gasteiger partial charge in [-0.1, -0.05) is 42.1 Å². The van der Waals surface area contributed by atoms with Crippen LogP contribution in [-0.4, -0.2) is 21.3 Å². The van der Waals surface area contributed by atoms with Crippen molar-refractivity contribution >= 4 is 22.5 Å². The largest absolute Gasteiger partial charge is 0.507 e. The van der Waals surface area contributed by atoms with E-state index in [1.807, 2.05) is 30.3 Å². The summed E-state index contributed by atoms with van der Waals surface area (Å²) in [6.45, 7) is 0. The van der Waals surface area contributed by atoms with Gasteiger partial charge >= 0.3 is 0 Å². The number of hydrogen-bond donors (Lipinski definition) is 2. The highest BCUT2D eigenvalue weighted by Gasteiger charge is 2.18. The van der Waals surface area contributed by atoms with Gasteiger partial charge in [0.1, 0.15) is 23.1 Å². The van der Waals surface area contributed by atoms with Crippen LogP contribution < -0.4 is 5.56 Å². The zero-order valence-corrected chi connectivity index (χ0v) is 12.4. The van der Waals surface area contributed by atoms with E-state index in [2.05, 4.69) is 9.97 Å². The smallest absolute Gasteiger partial charge is 0.270 e. The van der Waals surface area contributed by atoms with Crippen LogP contribution in [0.25, 0.3) is 22.0 Å². The van der Waals surface area contributed by atoms with Crippen molar-refractivity contribution in [3.63, 3.8) is 0 Å². The number of rotatable bonds is 2. The fourth-order valence-electron chi connectivity index (χ4n) is 2.34. The number of phenolic OH excluding ortho intramolecular Hbond substituents is 1. The lowest BCUT2D eigenvalue weighted by Gasteiger charge is -2.10. The normalized spacial score (nSPS) is 10.5. The highest BCUT2D eigenvalue weighted by molar-refractivity contribution is 7.98. The molecule has 3 aromatic rings. The Kier molecular flexibility index (Phi) is 3.57. The SMILES string of the molecule is CSc1nc(-c2c(O)ccc3ccccc23)c(C#N)c(=O)[nH]1. The van der Waals surface area contributed by atoms with Gasteiger partial charge < -0.3 is 10.1 Å². The third-order valence-electron chi connectivity index (χ3n) is 3.35. The van der Waals surface area contributed by atoms with Crippen molar-refractivity contribution in [3.05, 3.63) is 52.3 Å². The number of nitrogens with zero attached hydrogens (tertiary/aromatic N) is 2. The first-order valence-electron chi connectivity index (χ1n) is 6.45. The summed E-state index contributed by atoms with van der Waals surface area (Å²) >= 11 is 1.26. The Morgan fingerprint density at radius 1 is 1.27 bits per heavy atom. The molecule has 2 N–H and O–H groups in total. The van der Waals surface area contributed by atoms with Crippen LogP contribution in [0.15, 0.2) is 46.3 Å². The van der Waals surface area contributed by atoms with Crippen LogP contribution in [0.4, 0.5) is 0 Å². The molecule has 0 unspecified atom stereocenters. The first kappa shape index (κ1) is 14.2. The Balaban J connectivity index is 2.47. The molecule has 0 aliphatic carbocycles. The molecule has 1 heterocycles. The topological polar surface area (TPSA) is 89.8 Å². The Labute approximate surface area is 130 Å². The zero-order valence-electron chi connectivity index (χ0n) is 11.6. The van der Waals surface area contributed by atoms with E-state index in [1.165, 1.54) is 11.8 Å². The molecule has 0 saturated heterocycles. The summed E-state index contributed by atoms with van der Waals surface area (Å²) in [6, 6.07) is 12.6. The molecule has 3 rings (SSSR count). The predicted molar refractivity (Wildman–Crippen MR) is 86.0 cm³/mol. The first-order chi connectivity index (χ1) is 10.7. The second kappa shape index (κ2) is 5.54. The van der Waals surface area contributed by atoms with Gasteiger partial charge in [-0.2, -0.15) is 5.26 Å². The van der Waals surface area contributed by atoms with E-state index in [4.69, 9.17) is 0 Å². The van der Waals surface area contributed by atoms with Gasteiger partial charge in [0.15, 0.2) is 5.16 Å². The molecule has 0 aliphatic heterocycles. The molecule has 5 nitrogen and oxygen atoms in total. The standard InChI is InChI=1S/C16H11N3O2S/c1-22-16-18-14(11(8-17)15(21)19-16)13-10-5-3-2-4-9(10)6-7-12(13)20/h2-7,20H,1H3,(H,18,19,21). The average Bonchev–Trinajstić information content (AvgIpc) is 2.54. The van der Waals surface area contributed by atoms with E-state index in [1.54, 1.807) is 18.4 Å². The number of hydrogen-bond acceptors (Lipinski definition) is 5. The minimum atomic E-state index is -0.510. The number of thioether (sulfide) groups is 1. The summed E-state index contributed by atoms with van der Waals surface area (Å²) in [5.74, 6) is -0.0136. The fraction of sp³-hybridized carbons (Fsp3) is 0.0625. The van der Waals surface area contributed by atoms with E-state index in [0.717, 1.165) is 10.8 Å². The number of aromatic nitrogens is 2. The Morgan fingerprint density at radius 3 is 2.77 bits per heavy atom. The van der Waals surface area contributed by atoms with E-state index >= 15 is 0 Å². The van der Waals surface area contributed by atoms with Crippen LogP contribution in [0, 0.1) is 11.3 Å². The summed E-state index contributed by atoms with van der Waals surface area (Å²) in [7, 11) is 0. The van der Waals surface area contributed by atoms with E-state index in [0.29, 0.717) is 10.7 Å². The average molecular weight is 309 g/mol. The number of aromatic hydroxyl groups is 1. The molecule has 0 bridgehead atoms. The van der Waals surface area contributed by atoms with Crippen molar-refractivity contribution in [1.29, 1.82) is 5.26 Å².